The van der Waals surface area contributed by atoms with E-state index in [9.17, 15) is 26.2 Å². The molecular weight excluding hydrogens is 630 g/mol. The molecule has 2 aromatic heterocycles. The summed E-state index contributed by atoms with van der Waals surface area (Å²) in [7, 11) is -9.12. The summed E-state index contributed by atoms with van der Waals surface area (Å²) in [6, 6.07) is 13.4. The van der Waals surface area contributed by atoms with Crippen LogP contribution in [0.1, 0.15) is 16.2 Å². The maximum Gasteiger partial charge on any atom is 0.302 e. The molecule has 12 N–H and O–H groups in total. The Morgan fingerprint density at radius 2 is 1.67 bits per heavy atom. The number of amides is 1. The highest BCUT2D eigenvalue weighted by molar-refractivity contribution is 7.89. The van der Waals surface area contributed by atoms with Crippen LogP contribution in [-0.4, -0.2) is 43.2 Å². The Morgan fingerprint density at radius 1 is 1.00 bits per heavy atom. The molecule has 0 bridgehead atoms. The van der Waals surface area contributed by atoms with E-state index in [1.807, 2.05) is 0 Å². The number of para-hydroxylation sites is 1. The normalized spacial score (nSPS) is 11.1. The second kappa shape index (κ2) is 13.4. The molecule has 0 radical (unpaired) electrons. The highest BCUT2D eigenvalue weighted by Crippen LogP contribution is 2.36. The number of sulfonamides is 1. The van der Waals surface area contributed by atoms with E-state index in [-0.39, 0.29) is 40.5 Å². The van der Waals surface area contributed by atoms with Gasteiger partial charge in [0.1, 0.15) is 27.1 Å². The minimum absolute atomic E-state index is 0.0737. The number of benzene rings is 2. The van der Waals surface area contributed by atoms with Gasteiger partial charge in [0.05, 0.1) is 18.5 Å². The molecule has 0 saturated heterocycles. The topological polar surface area (TPSA) is 308 Å². The summed E-state index contributed by atoms with van der Waals surface area (Å²) >= 11 is 5.55. The number of carbonyl (C=O) groups is 1. The Balaban J connectivity index is 0.000000285. The minimum Gasteiger partial charge on any atom is -0.467 e. The van der Waals surface area contributed by atoms with Crippen LogP contribution in [0, 0.1) is 0 Å². The van der Waals surface area contributed by atoms with Crippen LogP contribution < -0.4 is 38.1 Å². The fourth-order valence-corrected chi connectivity index (χ4v) is 4.72. The van der Waals surface area contributed by atoms with Crippen molar-refractivity contribution in [2.45, 2.75) is 16.3 Å². The predicted molar refractivity (Wildman–Crippen MR) is 156 cm³/mol. The average molecular weight is 654 g/mol. The second-order valence-corrected chi connectivity index (χ2v) is 11.4. The van der Waals surface area contributed by atoms with Crippen LogP contribution >= 0.6 is 11.6 Å². The van der Waals surface area contributed by atoms with E-state index < -0.39 is 41.8 Å². The first kappa shape index (κ1) is 32.6. The molecule has 228 valence electrons. The molecule has 0 atom stereocenters. The third-order valence-electron chi connectivity index (χ3n) is 4.97. The molecule has 20 heteroatoms. The number of nitrogens with zero attached hydrogens (tertiary/aromatic N) is 3. The van der Waals surface area contributed by atoms with Crippen LogP contribution in [0.3, 0.4) is 0 Å². The number of primary sulfonamides is 1. The van der Waals surface area contributed by atoms with E-state index in [1.54, 1.807) is 42.5 Å². The van der Waals surface area contributed by atoms with Gasteiger partial charge in [-0.2, -0.15) is 13.4 Å². The first-order valence-corrected chi connectivity index (χ1v) is 14.8. The van der Waals surface area contributed by atoms with Gasteiger partial charge < -0.3 is 37.4 Å². The largest absolute Gasteiger partial charge is 0.467 e. The van der Waals surface area contributed by atoms with E-state index in [2.05, 4.69) is 20.3 Å². The van der Waals surface area contributed by atoms with Gasteiger partial charge in [-0.05, 0) is 30.3 Å². The third kappa shape index (κ3) is 9.02. The number of anilines is 3. The quantitative estimate of drug-likeness (QED) is 0.0800. The van der Waals surface area contributed by atoms with Crippen LogP contribution in [0.4, 0.5) is 17.3 Å². The number of guanidine groups is 1. The number of hydrogen-bond donors (Lipinski definition) is 7. The zero-order valence-electron chi connectivity index (χ0n) is 21.7. The highest BCUT2D eigenvalue weighted by atomic mass is 35.5. The maximum absolute atomic E-state index is 12.0. The van der Waals surface area contributed by atoms with E-state index in [1.165, 1.54) is 6.26 Å². The SMILES string of the molecule is NC(N)=NC(=O)c1nc(Cl)c(N)nc1N.NS(=O)(=O)c1cc(S(=O)(=O)O)c(NCc2ccco2)cc1Oc1ccccc1. The standard InChI is InChI=1S/C17H16N2O7S2.C6H8ClN7O/c18-27(20,21)17-10-16(28(22,23)24)14(19-11-13-7-4-8-25-13)9-15(17)26-12-5-2-1-3-6-12;7-2-4(9)13-3(8)1(12-2)5(15)14-6(10)11/h1-10,19H,11H2,(H2,18,20,21)(H,22,23,24);(H4,8,9,13)(H4,10,11,14,15). The Morgan fingerprint density at radius 3 is 2.23 bits per heavy atom. The summed E-state index contributed by atoms with van der Waals surface area (Å²) in [6.45, 7) is 0.0784. The number of aliphatic imine (C=N–C) groups is 1. The number of hydrogen-bond acceptors (Lipinski definition) is 12. The lowest BCUT2D eigenvalue weighted by molar-refractivity contribution is 0.0998. The van der Waals surface area contributed by atoms with Crippen molar-refractivity contribution in [3.8, 4) is 11.5 Å². The van der Waals surface area contributed by atoms with Gasteiger partial charge >= 0.3 is 5.91 Å². The van der Waals surface area contributed by atoms with Crippen LogP contribution in [0.5, 0.6) is 11.5 Å². The van der Waals surface area contributed by atoms with Crippen LogP contribution in [0.2, 0.25) is 5.15 Å². The molecule has 1 amide bonds. The maximum atomic E-state index is 12.0. The van der Waals surface area contributed by atoms with E-state index >= 15 is 0 Å². The van der Waals surface area contributed by atoms with Gasteiger partial charge in [-0.25, -0.2) is 23.5 Å². The fourth-order valence-electron chi connectivity index (χ4n) is 3.18. The predicted octanol–water partition coefficient (Wildman–Crippen LogP) is 1.29. The van der Waals surface area contributed by atoms with Gasteiger partial charge in [-0.15, -0.1) is 0 Å². The number of aromatic nitrogens is 2. The zero-order chi connectivity index (χ0) is 31.9. The van der Waals surface area contributed by atoms with E-state index in [0.29, 0.717) is 11.5 Å². The monoisotopic (exact) mass is 653 g/mol. The number of carbonyl (C=O) groups excluding carboxylic acids is 1. The molecule has 2 aromatic carbocycles. The molecule has 2 heterocycles. The summed E-state index contributed by atoms with van der Waals surface area (Å²) in [5, 5.41) is 7.84. The summed E-state index contributed by atoms with van der Waals surface area (Å²) in [6.07, 6.45) is 1.44. The highest BCUT2D eigenvalue weighted by Gasteiger charge is 2.25. The second-order valence-electron chi connectivity index (χ2n) is 8.14. The molecule has 0 aliphatic rings. The first-order valence-electron chi connectivity index (χ1n) is 11.5. The summed E-state index contributed by atoms with van der Waals surface area (Å²) in [5.74, 6) is -0.910. The third-order valence-corrected chi connectivity index (χ3v) is 7.08. The number of nitrogens with two attached hydrogens (primary N) is 5. The van der Waals surface area contributed by atoms with Gasteiger partial charge in [0.15, 0.2) is 28.4 Å². The summed E-state index contributed by atoms with van der Waals surface area (Å²) < 4.78 is 67.8. The van der Waals surface area contributed by atoms with Gasteiger partial charge in [0.25, 0.3) is 10.1 Å². The Kier molecular flexibility index (Phi) is 10.1. The lowest BCUT2D eigenvalue weighted by Crippen LogP contribution is -2.24. The Labute approximate surface area is 249 Å². The lowest BCUT2D eigenvalue weighted by Gasteiger charge is -2.15. The molecule has 0 aliphatic carbocycles. The van der Waals surface area contributed by atoms with Crippen LogP contribution in [0.25, 0.3) is 0 Å². The van der Waals surface area contributed by atoms with Crippen molar-refractivity contribution in [1.29, 1.82) is 0 Å². The van der Waals surface area contributed by atoms with Crippen molar-refractivity contribution in [2.24, 2.45) is 21.6 Å². The fraction of sp³-hybridized carbons (Fsp3) is 0.0435. The van der Waals surface area contributed by atoms with E-state index in [4.69, 9.17) is 48.8 Å². The van der Waals surface area contributed by atoms with Crippen molar-refractivity contribution in [3.05, 3.63) is 77.5 Å². The molecule has 0 saturated carbocycles. The average Bonchev–Trinajstić information content (AvgIpc) is 3.42. The molecule has 4 aromatic rings. The minimum atomic E-state index is -4.77. The molecule has 0 unspecified atom stereocenters. The van der Waals surface area contributed by atoms with Crippen molar-refractivity contribution in [2.75, 3.05) is 16.8 Å². The number of rotatable bonds is 8. The number of halogens is 1. The van der Waals surface area contributed by atoms with E-state index in [0.717, 1.165) is 12.1 Å². The number of ether oxygens (including phenoxy) is 1. The Hall–Kier alpha value is -4.95. The van der Waals surface area contributed by atoms with Gasteiger partial charge in [0.2, 0.25) is 10.0 Å². The molecule has 0 fully saturated rings. The molecule has 4 rings (SSSR count). The zero-order valence-corrected chi connectivity index (χ0v) is 24.1. The molecule has 0 spiro atoms. The lowest BCUT2D eigenvalue weighted by atomic mass is 10.2. The molecule has 43 heavy (non-hydrogen) atoms. The van der Waals surface area contributed by atoms with Gasteiger partial charge in [0, 0.05) is 6.07 Å². The molecule has 0 aliphatic heterocycles. The summed E-state index contributed by atoms with van der Waals surface area (Å²) in [5.41, 5.74) is 20.4. The van der Waals surface area contributed by atoms with Crippen molar-refractivity contribution in [3.63, 3.8) is 0 Å². The van der Waals surface area contributed by atoms with Crippen LogP contribution in [0.15, 0.2) is 80.1 Å². The number of nitrogen functional groups attached to an aromatic ring is 2. The van der Waals surface area contributed by atoms with Crippen molar-refractivity contribution >= 4 is 60.9 Å². The van der Waals surface area contributed by atoms with Gasteiger partial charge in [-0.3, -0.25) is 9.35 Å². The Bertz CT molecular complexity index is 1870. The van der Waals surface area contributed by atoms with Gasteiger partial charge in [-0.1, -0.05) is 29.8 Å². The molecular formula is C23H24ClN9O8S2. The van der Waals surface area contributed by atoms with Crippen molar-refractivity contribution in [1.82, 2.24) is 9.97 Å². The van der Waals surface area contributed by atoms with Crippen molar-refractivity contribution < 1.29 is 35.3 Å². The first-order chi connectivity index (χ1) is 20.1. The smallest absolute Gasteiger partial charge is 0.302 e. The summed E-state index contributed by atoms with van der Waals surface area (Å²) in [4.78, 5) is 20.5. The van der Waals surface area contributed by atoms with Crippen LogP contribution in [-0.2, 0) is 26.7 Å². The molecule has 17 nitrogen and oxygen atoms in total. The number of furan rings is 1. The number of nitrogens with one attached hydrogen (secondary N) is 1.